The van der Waals surface area contributed by atoms with E-state index in [0.29, 0.717) is 13.1 Å². The molecule has 2 aromatic carbocycles. The first-order valence-electron chi connectivity index (χ1n) is 10.5. The highest BCUT2D eigenvalue weighted by Crippen LogP contribution is 2.36. The number of carbonyl (C=O) groups excluding carboxylic acids is 1. The van der Waals surface area contributed by atoms with Crippen LogP contribution in [0.15, 0.2) is 53.3 Å². The Morgan fingerprint density at radius 1 is 1.07 bits per heavy atom. The summed E-state index contributed by atoms with van der Waals surface area (Å²) in [6, 6.07) is 14.9. The second-order valence-electron chi connectivity index (χ2n) is 8.30. The average Bonchev–Trinajstić information content (AvgIpc) is 3.11. The van der Waals surface area contributed by atoms with Crippen molar-refractivity contribution < 1.29 is 4.79 Å². The van der Waals surface area contributed by atoms with Gasteiger partial charge in [-0.1, -0.05) is 42.5 Å². The maximum Gasteiger partial charge on any atom is 0.327 e. The molecule has 154 valence electrons. The minimum Gasteiger partial charge on any atom is -0.355 e. The second-order valence-corrected chi connectivity index (χ2v) is 8.30. The molecule has 3 heterocycles. The fraction of sp³-hybridized carbons (Fsp3) is 0.333. The summed E-state index contributed by atoms with van der Waals surface area (Å²) < 4.78 is 1.92. The first-order valence-corrected chi connectivity index (χ1v) is 10.5. The Bertz CT molecular complexity index is 1210. The predicted molar refractivity (Wildman–Crippen MR) is 120 cm³/mol. The standard InChI is InChI=1S/C24H26N4O2/c1-16(29)27-13-9-20(10-14-27)28-23-22(25-24(28)30)21(11-12-26(23)2)19-8-7-17-5-3-4-6-18(17)15-19/h3-8,11,15,20H,9-10,12-14H2,1-2H3,(H,25,30). The second kappa shape index (κ2) is 7.20. The third-order valence-corrected chi connectivity index (χ3v) is 6.44. The van der Waals surface area contributed by atoms with Crippen LogP contribution in [0.2, 0.25) is 0 Å². The summed E-state index contributed by atoms with van der Waals surface area (Å²) in [5, 5.41) is 2.40. The number of benzene rings is 2. The predicted octanol–water partition coefficient (Wildman–Crippen LogP) is 3.39. The number of rotatable bonds is 2. The van der Waals surface area contributed by atoms with Crippen LogP contribution in [0.1, 0.15) is 37.1 Å². The SMILES string of the molecule is CC(=O)N1CCC(n2c3c([nH]c2=O)C(c2ccc4ccccc4c2)=CCN3C)CC1. The maximum atomic E-state index is 13.0. The number of imidazole rings is 1. The van der Waals surface area contributed by atoms with Crippen LogP contribution in [-0.2, 0) is 4.79 Å². The number of H-pyrrole nitrogens is 1. The van der Waals surface area contributed by atoms with E-state index in [4.69, 9.17) is 0 Å². The minimum atomic E-state index is -0.0679. The highest BCUT2D eigenvalue weighted by molar-refractivity contribution is 5.91. The maximum absolute atomic E-state index is 13.0. The summed E-state index contributed by atoms with van der Waals surface area (Å²) >= 11 is 0. The highest BCUT2D eigenvalue weighted by atomic mass is 16.2. The highest BCUT2D eigenvalue weighted by Gasteiger charge is 2.30. The normalized spacial score (nSPS) is 17.2. The van der Waals surface area contributed by atoms with Gasteiger partial charge in [0.05, 0.1) is 5.69 Å². The molecule has 5 rings (SSSR count). The topological polar surface area (TPSA) is 61.3 Å². The largest absolute Gasteiger partial charge is 0.355 e. The van der Waals surface area contributed by atoms with E-state index >= 15 is 0 Å². The van der Waals surface area contributed by atoms with E-state index < -0.39 is 0 Å². The Balaban J connectivity index is 1.54. The van der Waals surface area contributed by atoms with Gasteiger partial charge in [-0.25, -0.2) is 4.79 Å². The zero-order valence-corrected chi connectivity index (χ0v) is 17.4. The lowest BCUT2D eigenvalue weighted by molar-refractivity contribution is -0.130. The number of hydrogen-bond donors (Lipinski definition) is 1. The van der Waals surface area contributed by atoms with Crippen LogP contribution in [-0.4, -0.2) is 47.0 Å². The van der Waals surface area contributed by atoms with E-state index in [1.165, 1.54) is 10.8 Å². The molecule has 0 aliphatic carbocycles. The van der Waals surface area contributed by atoms with Crippen molar-refractivity contribution in [1.82, 2.24) is 14.5 Å². The van der Waals surface area contributed by atoms with E-state index in [-0.39, 0.29) is 17.6 Å². The quantitative estimate of drug-likeness (QED) is 0.715. The molecule has 6 nitrogen and oxygen atoms in total. The molecular weight excluding hydrogens is 376 g/mol. The summed E-state index contributed by atoms with van der Waals surface area (Å²) in [4.78, 5) is 31.8. The van der Waals surface area contributed by atoms with Gasteiger partial charge in [-0.2, -0.15) is 0 Å². The summed E-state index contributed by atoms with van der Waals surface area (Å²) in [5.74, 6) is 1.06. The molecule has 3 aromatic rings. The Morgan fingerprint density at radius 3 is 2.53 bits per heavy atom. The summed E-state index contributed by atoms with van der Waals surface area (Å²) in [5.41, 5.74) is 3.01. The lowest BCUT2D eigenvalue weighted by atomic mass is 9.96. The third kappa shape index (κ3) is 3.03. The van der Waals surface area contributed by atoms with Crippen molar-refractivity contribution in [3.05, 3.63) is 70.3 Å². The fourth-order valence-corrected chi connectivity index (χ4v) is 4.82. The number of carbonyl (C=O) groups is 1. The first-order chi connectivity index (χ1) is 14.5. The molecule has 0 saturated carbocycles. The van der Waals surface area contributed by atoms with Crippen LogP contribution >= 0.6 is 0 Å². The monoisotopic (exact) mass is 402 g/mol. The Kier molecular flexibility index (Phi) is 4.50. The van der Waals surface area contributed by atoms with E-state index in [1.54, 1.807) is 6.92 Å². The van der Waals surface area contributed by atoms with Gasteiger partial charge >= 0.3 is 5.69 Å². The Morgan fingerprint density at radius 2 is 1.80 bits per heavy atom. The van der Waals surface area contributed by atoms with Crippen molar-refractivity contribution >= 4 is 28.1 Å². The molecule has 0 atom stereocenters. The molecule has 1 aromatic heterocycles. The molecule has 1 amide bonds. The van der Waals surface area contributed by atoms with Gasteiger partial charge in [0.1, 0.15) is 5.82 Å². The number of fused-ring (bicyclic) bond motifs is 2. The van der Waals surface area contributed by atoms with Crippen molar-refractivity contribution in [2.45, 2.75) is 25.8 Å². The van der Waals surface area contributed by atoms with Gasteiger partial charge < -0.3 is 14.8 Å². The molecule has 30 heavy (non-hydrogen) atoms. The van der Waals surface area contributed by atoms with Gasteiger partial charge in [-0.15, -0.1) is 0 Å². The van der Waals surface area contributed by atoms with Crippen LogP contribution in [0.3, 0.4) is 0 Å². The van der Waals surface area contributed by atoms with E-state index in [9.17, 15) is 9.59 Å². The smallest absolute Gasteiger partial charge is 0.327 e. The third-order valence-electron chi connectivity index (χ3n) is 6.44. The molecule has 0 spiro atoms. The van der Waals surface area contributed by atoms with Gasteiger partial charge in [-0.05, 0) is 35.2 Å². The van der Waals surface area contributed by atoms with Crippen LogP contribution in [0.5, 0.6) is 0 Å². The Labute approximate surface area is 175 Å². The molecule has 0 unspecified atom stereocenters. The van der Waals surface area contributed by atoms with Crippen molar-refractivity contribution in [2.24, 2.45) is 0 Å². The number of piperidine rings is 1. The van der Waals surface area contributed by atoms with Crippen LogP contribution < -0.4 is 10.6 Å². The zero-order chi connectivity index (χ0) is 20.8. The van der Waals surface area contributed by atoms with Crippen molar-refractivity contribution in [1.29, 1.82) is 0 Å². The number of likely N-dealkylation sites (N-methyl/N-ethyl adjacent to an activating group) is 1. The molecule has 6 heteroatoms. The molecule has 0 bridgehead atoms. The number of likely N-dealkylation sites (tertiary alicyclic amines) is 1. The fourth-order valence-electron chi connectivity index (χ4n) is 4.82. The number of anilines is 1. The zero-order valence-electron chi connectivity index (χ0n) is 17.4. The number of hydrogen-bond acceptors (Lipinski definition) is 3. The molecular formula is C24H26N4O2. The van der Waals surface area contributed by atoms with E-state index in [2.05, 4.69) is 46.3 Å². The first kappa shape index (κ1) is 18.7. The van der Waals surface area contributed by atoms with Gasteiger partial charge in [0, 0.05) is 45.2 Å². The molecule has 2 aliphatic rings. The lowest BCUT2D eigenvalue weighted by Gasteiger charge is -2.34. The molecule has 0 radical (unpaired) electrons. The summed E-state index contributed by atoms with van der Waals surface area (Å²) in [6.45, 7) is 3.75. The van der Waals surface area contributed by atoms with E-state index in [0.717, 1.165) is 42.0 Å². The lowest BCUT2D eigenvalue weighted by Crippen LogP contribution is -2.40. The summed E-state index contributed by atoms with van der Waals surface area (Å²) in [7, 11) is 2.03. The summed E-state index contributed by atoms with van der Waals surface area (Å²) in [6.07, 6.45) is 3.78. The van der Waals surface area contributed by atoms with Gasteiger partial charge in [-0.3, -0.25) is 9.36 Å². The van der Waals surface area contributed by atoms with Crippen LogP contribution in [0.25, 0.3) is 16.3 Å². The van der Waals surface area contributed by atoms with E-state index in [1.807, 2.05) is 28.6 Å². The van der Waals surface area contributed by atoms with Crippen LogP contribution in [0, 0.1) is 0 Å². The van der Waals surface area contributed by atoms with Crippen molar-refractivity contribution in [2.75, 3.05) is 31.6 Å². The number of amides is 1. The van der Waals surface area contributed by atoms with Crippen molar-refractivity contribution in [3.63, 3.8) is 0 Å². The number of nitrogens with one attached hydrogen (secondary N) is 1. The minimum absolute atomic E-state index is 0.0679. The molecule has 1 saturated heterocycles. The number of aromatic nitrogens is 2. The molecule has 1 fully saturated rings. The van der Waals surface area contributed by atoms with Gasteiger partial charge in [0.2, 0.25) is 5.91 Å². The average molecular weight is 402 g/mol. The molecule has 2 aliphatic heterocycles. The Hall–Kier alpha value is -3.28. The number of aromatic amines is 1. The van der Waals surface area contributed by atoms with Crippen LogP contribution in [0.4, 0.5) is 5.82 Å². The number of nitrogens with zero attached hydrogens (tertiary/aromatic N) is 3. The molecule has 1 N–H and O–H groups in total. The van der Waals surface area contributed by atoms with Gasteiger partial charge in [0.15, 0.2) is 0 Å². The van der Waals surface area contributed by atoms with Crippen molar-refractivity contribution in [3.8, 4) is 0 Å². The van der Waals surface area contributed by atoms with Gasteiger partial charge in [0.25, 0.3) is 0 Å².